The predicted molar refractivity (Wildman–Crippen MR) is 97.1 cm³/mol. The summed E-state index contributed by atoms with van der Waals surface area (Å²) in [5.74, 6) is 0.210. The van der Waals surface area contributed by atoms with Crippen molar-refractivity contribution in [2.45, 2.75) is 19.8 Å². The molecule has 1 heterocycles. The lowest BCUT2D eigenvalue weighted by Gasteiger charge is -2.23. The number of halogens is 1. The number of nitrogens with zero attached hydrogens (tertiary/aromatic N) is 1. The van der Waals surface area contributed by atoms with E-state index in [0.717, 1.165) is 23.0 Å². The summed E-state index contributed by atoms with van der Waals surface area (Å²) in [5, 5.41) is 2.92. The van der Waals surface area contributed by atoms with E-state index in [-0.39, 0.29) is 17.1 Å². The second-order valence-corrected chi connectivity index (χ2v) is 7.43. The van der Waals surface area contributed by atoms with Crippen LogP contribution in [-0.4, -0.2) is 56.5 Å². The Morgan fingerprint density at radius 1 is 1.33 bits per heavy atom. The van der Waals surface area contributed by atoms with Gasteiger partial charge in [0.05, 0.1) is 12.0 Å². The number of hydrogen-bond donors (Lipinski definition) is 1. The van der Waals surface area contributed by atoms with Gasteiger partial charge in [-0.2, -0.15) is 0 Å². The molecule has 1 aromatic rings. The number of carbonyl (C=O) groups is 2. The molecule has 1 aliphatic heterocycles. The number of amides is 1. The van der Waals surface area contributed by atoms with Crippen LogP contribution < -0.4 is 5.32 Å². The van der Waals surface area contributed by atoms with Gasteiger partial charge in [0.25, 0.3) is 0 Å². The molecule has 1 aromatic carbocycles. The fourth-order valence-electron chi connectivity index (χ4n) is 2.95. The van der Waals surface area contributed by atoms with E-state index in [1.165, 1.54) is 0 Å². The Labute approximate surface area is 151 Å². The molecule has 0 saturated carbocycles. The van der Waals surface area contributed by atoms with Crippen LogP contribution >= 0.6 is 15.9 Å². The molecule has 1 fully saturated rings. The van der Waals surface area contributed by atoms with Crippen molar-refractivity contribution in [2.24, 2.45) is 5.41 Å². The minimum Gasteiger partial charge on any atom is -0.383 e. The fraction of sp³-hybridized carbons (Fsp3) is 0.556. The zero-order chi connectivity index (χ0) is 17.6. The molecular weight excluding hydrogens is 372 g/mol. The molecule has 1 aliphatic rings. The third-order valence-corrected chi connectivity index (χ3v) is 5.04. The summed E-state index contributed by atoms with van der Waals surface area (Å²) in [7, 11) is 1.62. The average Bonchev–Trinajstić information content (AvgIpc) is 2.96. The molecule has 24 heavy (non-hydrogen) atoms. The second-order valence-electron chi connectivity index (χ2n) is 6.52. The molecule has 0 radical (unpaired) electrons. The summed E-state index contributed by atoms with van der Waals surface area (Å²) < 4.78 is 5.92. The van der Waals surface area contributed by atoms with Gasteiger partial charge in [-0.05, 0) is 32.0 Å². The third-order valence-electron chi connectivity index (χ3n) is 4.51. The number of carbonyl (C=O) groups excluding carboxylic acids is 2. The molecule has 6 heteroatoms. The van der Waals surface area contributed by atoms with Crippen molar-refractivity contribution in [3.8, 4) is 0 Å². The van der Waals surface area contributed by atoms with E-state index in [9.17, 15) is 9.59 Å². The van der Waals surface area contributed by atoms with Gasteiger partial charge in [0, 0.05) is 43.2 Å². The standard InChI is InChI=1S/C18H25BrN2O3/c1-18(17(23)20-9-12-24-2)8-11-21(13-18)10-7-16(22)14-3-5-15(19)6-4-14/h3-6H,7-13H2,1-2H3,(H,20,23). The Balaban J connectivity index is 1.79. The van der Waals surface area contributed by atoms with Crippen LogP contribution in [0, 0.1) is 5.41 Å². The Morgan fingerprint density at radius 3 is 2.71 bits per heavy atom. The summed E-state index contributed by atoms with van der Waals surface area (Å²) in [6, 6.07) is 7.43. The second kappa shape index (κ2) is 8.74. The molecule has 132 valence electrons. The van der Waals surface area contributed by atoms with Crippen molar-refractivity contribution in [2.75, 3.05) is 39.9 Å². The predicted octanol–water partition coefficient (Wildman–Crippen LogP) is 2.50. The minimum absolute atomic E-state index is 0.0706. The Bertz CT molecular complexity index is 576. The van der Waals surface area contributed by atoms with E-state index in [0.29, 0.717) is 32.7 Å². The average molecular weight is 397 g/mol. The molecule has 1 atom stereocenters. The highest BCUT2D eigenvalue weighted by Crippen LogP contribution is 2.30. The van der Waals surface area contributed by atoms with E-state index in [4.69, 9.17) is 4.74 Å². The molecule has 1 unspecified atom stereocenters. The van der Waals surface area contributed by atoms with Crippen LogP contribution in [0.5, 0.6) is 0 Å². The van der Waals surface area contributed by atoms with E-state index in [2.05, 4.69) is 26.1 Å². The maximum atomic E-state index is 12.3. The number of Topliss-reactive ketones (excluding diaryl/α,β-unsaturated/α-hetero) is 1. The lowest BCUT2D eigenvalue weighted by Crippen LogP contribution is -2.42. The Hall–Kier alpha value is -1.24. The number of nitrogens with one attached hydrogen (secondary N) is 1. The summed E-state index contributed by atoms with van der Waals surface area (Å²) in [6.45, 7) is 5.28. The van der Waals surface area contributed by atoms with Crippen molar-refractivity contribution in [3.63, 3.8) is 0 Å². The maximum absolute atomic E-state index is 12.3. The molecule has 5 nitrogen and oxygen atoms in total. The SMILES string of the molecule is COCCNC(=O)C1(C)CCN(CCC(=O)c2ccc(Br)cc2)C1. The van der Waals surface area contributed by atoms with Crippen molar-refractivity contribution in [3.05, 3.63) is 34.3 Å². The monoisotopic (exact) mass is 396 g/mol. The van der Waals surface area contributed by atoms with Crippen LogP contribution in [0.3, 0.4) is 0 Å². The van der Waals surface area contributed by atoms with E-state index in [1.54, 1.807) is 7.11 Å². The third kappa shape index (κ3) is 5.13. The summed E-state index contributed by atoms with van der Waals surface area (Å²) in [5.41, 5.74) is 0.353. The zero-order valence-electron chi connectivity index (χ0n) is 14.3. The molecule has 1 N–H and O–H groups in total. The topological polar surface area (TPSA) is 58.6 Å². The van der Waals surface area contributed by atoms with Crippen LogP contribution in [0.15, 0.2) is 28.7 Å². The zero-order valence-corrected chi connectivity index (χ0v) is 15.9. The number of methoxy groups -OCH3 is 1. The molecular formula is C18H25BrN2O3. The van der Waals surface area contributed by atoms with Gasteiger partial charge in [0.1, 0.15) is 0 Å². The summed E-state index contributed by atoms with van der Waals surface area (Å²) >= 11 is 3.37. The van der Waals surface area contributed by atoms with Gasteiger partial charge in [0.2, 0.25) is 5.91 Å². The largest absolute Gasteiger partial charge is 0.383 e. The lowest BCUT2D eigenvalue weighted by atomic mass is 9.89. The van der Waals surface area contributed by atoms with Crippen LogP contribution in [0.25, 0.3) is 0 Å². The van der Waals surface area contributed by atoms with Crippen molar-refractivity contribution >= 4 is 27.6 Å². The van der Waals surface area contributed by atoms with E-state index < -0.39 is 0 Å². The highest BCUT2D eigenvalue weighted by Gasteiger charge is 2.39. The number of ketones is 1. The van der Waals surface area contributed by atoms with Gasteiger partial charge in [0.15, 0.2) is 5.78 Å². The smallest absolute Gasteiger partial charge is 0.227 e. The quantitative estimate of drug-likeness (QED) is 0.541. The van der Waals surface area contributed by atoms with Gasteiger partial charge >= 0.3 is 0 Å². The molecule has 0 bridgehead atoms. The molecule has 1 saturated heterocycles. The first kappa shape index (κ1) is 19.1. The Morgan fingerprint density at radius 2 is 2.04 bits per heavy atom. The number of likely N-dealkylation sites (tertiary alicyclic amines) is 1. The first-order valence-corrected chi connectivity index (χ1v) is 9.02. The maximum Gasteiger partial charge on any atom is 0.227 e. The van der Waals surface area contributed by atoms with Crippen molar-refractivity contribution in [1.29, 1.82) is 0 Å². The van der Waals surface area contributed by atoms with Crippen molar-refractivity contribution in [1.82, 2.24) is 10.2 Å². The van der Waals surface area contributed by atoms with Gasteiger partial charge in [-0.3, -0.25) is 9.59 Å². The van der Waals surface area contributed by atoms with E-state index >= 15 is 0 Å². The Kier molecular flexibility index (Phi) is 6.95. The highest BCUT2D eigenvalue weighted by molar-refractivity contribution is 9.10. The molecule has 1 amide bonds. The molecule has 0 spiro atoms. The highest BCUT2D eigenvalue weighted by atomic mass is 79.9. The van der Waals surface area contributed by atoms with Crippen LogP contribution in [-0.2, 0) is 9.53 Å². The number of benzene rings is 1. The summed E-state index contributed by atoms with van der Waals surface area (Å²) in [4.78, 5) is 26.8. The fourth-order valence-corrected chi connectivity index (χ4v) is 3.22. The normalized spacial score (nSPS) is 21.0. The molecule has 0 aliphatic carbocycles. The number of hydrogen-bond acceptors (Lipinski definition) is 4. The van der Waals surface area contributed by atoms with E-state index in [1.807, 2.05) is 31.2 Å². The summed E-state index contributed by atoms with van der Waals surface area (Å²) in [6.07, 6.45) is 1.29. The lowest BCUT2D eigenvalue weighted by molar-refractivity contribution is -0.129. The van der Waals surface area contributed by atoms with Crippen LogP contribution in [0.4, 0.5) is 0 Å². The first-order chi connectivity index (χ1) is 11.4. The molecule has 0 aromatic heterocycles. The first-order valence-electron chi connectivity index (χ1n) is 8.23. The minimum atomic E-state index is -0.381. The van der Waals surface area contributed by atoms with Crippen molar-refractivity contribution < 1.29 is 14.3 Å². The van der Waals surface area contributed by atoms with Gasteiger partial charge in [-0.15, -0.1) is 0 Å². The van der Waals surface area contributed by atoms with Crippen LogP contribution in [0.1, 0.15) is 30.1 Å². The molecule has 2 rings (SSSR count). The van der Waals surface area contributed by atoms with Crippen LogP contribution in [0.2, 0.25) is 0 Å². The van der Waals surface area contributed by atoms with Gasteiger partial charge in [-0.25, -0.2) is 0 Å². The number of rotatable bonds is 8. The van der Waals surface area contributed by atoms with Gasteiger partial charge < -0.3 is 15.0 Å². The van der Waals surface area contributed by atoms with Gasteiger partial charge in [-0.1, -0.05) is 28.1 Å². The number of ether oxygens (including phenoxy) is 1.